The Bertz CT molecular complexity index is 276. The van der Waals surface area contributed by atoms with Gasteiger partial charge in [-0.2, -0.15) is 0 Å². The Morgan fingerprint density at radius 1 is 1.42 bits per heavy atom. The van der Waals surface area contributed by atoms with E-state index in [1.807, 2.05) is 0 Å². The van der Waals surface area contributed by atoms with Crippen molar-refractivity contribution in [2.24, 2.45) is 5.73 Å². The topological polar surface area (TPSA) is 46.2 Å². The van der Waals surface area contributed by atoms with Crippen LogP contribution < -0.4 is 5.73 Å². The molecule has 4 heteroatoms. The molecule has 0 aliphatic carbocycles. The second kappa shape index (κ2) is 3.06. The van der Waals surface area contributed by atoms with Crippen molar-refractivity contribution in [3.05, 3.63) is 29.3 Å². The van der Waals surface area contributed by atoms with Gasteiger partial charge in [-0.05, 0) is 6.92 Å². The second-order valence-electron chi connectivity index (χ2n) is 2.61. The van der Waals surface area contributed by atoms with Crippen molar-refractivity contribution in [3.8, 4) is 5.75 Å². The number of hydrogen-bond acceptors (Lipinski definition) is 2. The summed E-state index contributed by atoms with van der Waals surface area (Å²) in [4.78, 5) is 0. The van der Waals surface area contributed by atoms with Gasteiger partial charge >= 0.3 is 0 Å². The van der Waals surface area contributed by atoms with Crippen LogP contribution in [-0.2, 0) is 0 Å². The molecular weight excluding hydrogens is 164 g/mol. The standard InChI is InChI=1S/C8H9F2NO/c1-4(11)8-6(10)2-5(9)3-7(8)12/h2-4,12H,11H2,1H3/t4-/m0/s1. The third-order valence-electron chi connectivity index (χ3n) is 1.53. The predicted octanol–water partition coefficient (Wildman–Crippen LogP) is 1.69. The number of rotatable bonds is 1. The Morgan fingerprint density at radius 3 is 2.42 bits per heavy atom. The molecule has 0 aliphatic heterocycles. The minimum atomic E-state index is -0.817. The first-order valence-corrected chi connectivity index (χ1v) is 3.46. The summed E-state index contributed by atoms with van der Waals surface area (Å²) >= 11 is 0. The van der Waals surface area contributed by atoms with E-state index in [9.17, 15) is 8.78 Å². The van der Waals surface area contributed by atoms with Gasteiger partial charge in [-0.15, -0.1) is 0 Å². The lowest BCUT2D eigenvalue weighted by Gasteiger charge is -2.08. The molecule has 3 N–H and O–H groups in total. The van der Waals surface area contributed by atoms with Gasteiger partial charge in [0.05, 0.1) is 0 Å². The summed E-state index contributed by atoms with van der Waals surface area (Å²) in [5, 5.41) is 9.08. The van der Waals surface area contributed by atoms with Crippen molar-refractivity contribution in [1.82, 2.24) is 0 Å². The minimum Gasteiger partial charge on any atom is -0.507 e. The molecule has 1 aromatic carbocycles. The highest BCUT2D eigenvalue weighted by atomic mass is 19.1. The first kappa shape index (κ1) is 8.93. The van der Waals surface area contributed by atoms with E-state index in [1.165, 1.54) is 6.92 Å². The quantitative estimate of drug-likeness (QED) is 0.678. The molecule has 0 saturated carbocycles. The van der Waals surface area contributed by atoms with E-state index in [-0.39, 0.29) is 5.56 Å². The van der Waals surface area contributed by atoms with Gasteiger partial charge in [0.1, 0.15) is 17.4 Å². The molecule has 1 aromatic rings. The summed E-state index contributed by atoms with van der Waals surface area (Å²) in [6, 6.07) is 0.880. The molecule has 0 fully saturated rings. The largest absolute Gasteiger partial charge is 0.507 e. The molecule has 1 rings (SSSR count). The number of nitrogens with two attached hydrogens (primary N) is 1. The zero-order valence-electron chi connectivity index (χ0n) is 6.51. The van der Waals surface area contributed by atoms with E-state index >= 15 is 0 Å². The number of benzene rings is 1. The molecule has 0 heterocycles. The van der Waals surface area contributed by atoms with Gasteiger partial charge in [-0.3, -0.25) is 0 Å². The van der Waals surface area contributed by atoms with Crippen molar-refractivity contribution in [3.63, 3.8) is 0 Å². The fourth-order valence-electron chi connectivity index (χ4n) is 1.02. The number of hydrogen-bond donors (Lipinski definition) is 2. The van der Waals surface area contributed by atoms with E-state index in [4.69, 9.17) is 10.8 Å². The predicted molar refractivity (Wildman–Crippen MR) is 40.6 cm³/mol. The Kier molecular flexibility index (Phi) is 2.28. The summed E-state index contributed by atoms with van der Waals surface area (Å²) in [5.74, 6) is -2.07. The van der Waals surface area contributed by atoms with Gasteiger partial charge in [0.25, 0.3) is 0 Å². The fraction of sp³-hybridized carbons (Fsp3) is 0.250. The van der Waals surface area contributed by atoms with Crippen LogP contribution in [0.4, 0.5) is 8.78 Å². The van der Waals surface area contributed by atoms with Crippen LogP contribution in [0.5, 0.6) is 5.75 Å². The third-order valence-corrected chi connectivity index (χ3v) is 1.53. The molecule has 66 valence electrons. The van der Waals surface area contributed by atoms with Crippen molar-refractivity contribution >= 4 is 0 Å². The number of phenols is 1. The lowest BCUT2D eigenvalue weighted by Crippen LogP contribution is -2.08. The monoisotopic (exact) mass is 173 g/mol. The molecule has 0 amide bonds. The summed E-state index contributed by atoms with van der Waals surface area (Å²) in [5.41, 5.74) is 5.28. The number of halogens is 2. The van der Waals surface area contributed by atoms with E-state index in [1.54, 1.807) is 0 Å². The number of aromatic hydroxyl groups is 1. The molecule has 0 spiro atoms. The van der Waals surface area contributed by atoms with Crippen LogP contribution in [-0.4, -0.2) is 5.11 Å². The summed E-state index contributed by atoms with van der Waals surface area (Å²) in [6.07, 6.45) is 0. The van der Waals surface area contributed by atoms with Gasteiger partial charge in [0.2, 0.25) is 0 Å². The Balaban J connectivity index is 3.28. The van der Waals surface area contributed by atoms with Crippen LogP contribution >= 0.6 is 0 Å². The fourth-order valence-corrected chi connectivity index (χ4v) is 1.02. The van der Waals surface area contributed by atoms with Crippen LogP contribution in [0, 0.1) is 11.6 Å². The highest BCUT2D eigenvalue weighted by Crippen LogP contribution is 2.26. The van der Waals surface area contributed by atoms with Crippen molar-refractivity contribution in [2.75, 3.05) is 0 Å². The maximum absolute atomic E-state index is 12.9. The molecule has 2 nitrogen and oxygen atoms in total. The summed E-state index contributed by atoms with van der Waals surface area (Å²) in [6.45, 7) is 1.51. The third kappa shape index (κ3) is 1.53. The van der Waals surface area contributed by atoms with Crippen LogP contribution in [0.25, 0.3) is 0 Å². The molecule has 0 saturated heterocycles. The highest BCUT2D eigenvalue weighted by molar-refractivity contribution is 5.36. The molecule has 0 aliphatic rings. The van der Waals surface area contributed by atoms with Crippen LogP contribution in [0.1, 0.15) is 18.5 Å². The maximum Gasteiger partial charge on any atom is 0.134 e. The van der Waals surface area contributed by atoms with Gasteiger partial charge in [0.15, 0.2) is 0 Å². The van der Waals surface area contributed by atoms with Gasteiger partial charge < -0.3 is 10.8 Å². The smallest absolute Gasteiger partial charge is 0.134 e. The zero-order chi connectivity index (χ0) is 9.30. The summed E-state index contributed by atoms with van der Waals surface area (Å²) in [7, 11) is 0. The van der Waals surface area contributed by atoms with Crippen molar-refractivity contribution in [2.45, 2.75) is 13.0 Å². The van der Waals surface area contributed by atoms with Crippen LogP contribution in [0.2, 0.25) is 0 Å². The van der Waals surface area contributed by atoms with E-state index in [2.05, 4.69) is 0 Å². The van der Waals surface area contributed by atoms with E-state index in [0.717, 1.165) is 6.07 Å². The Hall–Kier alpha value is -1.16. The number of phenolic OH excluding ortho intramolecular Hbond substituents is 1. The lowest BCUT2D eigenvalue weighted by atomic mass is 10.1. The average molecular weight is 173 g/mol. The van der Waals surface area contributed by atoms with Crippen molar-refractivity contribution < 1.29 is 13.9 Å². The molecule has 0 aromatic heterocycles. The lowest BCUT2D eigenvalue weighted by molar-refractivity contribution is 0.443. The average Bonchev–Trinajstić information content (AvgIpc) is 1.82. The van der Waals surface area contributed by atoms with Crippen LogP contribution in [0.3, 0.4) is 0 Å². The minimum absolute atomic E-state index is 0.0589. The molecule has 12 heavy (non-hydrogen) atoms. The Morgan fingerprint density at radius 2 is 2.00 bits per heavy atom. The van der Waals surface area contributed by atoms with Crippen LogP contribution in [0.15, 0.2) is 12.1 Å². The highest BCUT2D eigenvalue weighted by Gasteiger charge is 2.13. The van der Waals surface area contributed by atoms with Crippen molar-refractivity contribution in [1.29, 1.82) is 0 Å². The van der Waals surface area contributed by atoms with Gasteiger partial charge in [-0.1, -0.05) is 0 Å². The second-order valence-corrected chi connectivity index (χ2v) is 2.61. The maximum atomic E-state index is 12.9. The summed E-state index contributed by atoms with van der Waals surface area (Å²) < 4.78 is 25.3. The molecule has 1 atom stereocenters. The first-order valence-electron chi connectivity index (χ1n) is 3.46. The van der Waals surface area contributed by atoms with Gasteiger partial charge in [0, 0.05) is 23.7 Å². The van der Waals surface area contributed by atoms with Gasteiger partial charge in [-0.25, -0.2) is 8.78 Å². The Labute approximate surface area is 68.6 Å². The first-order chi connectivity index (χ1) is 5.52. The molecular formula is C8H9F2NO. The SMILES string of the molecule is C[C@H](N)c1c(O)cc(F)cc1F. The molecule has 0 bridgehead atoms. The normalized spacial score (nSPS) is 13.0. The molecule has 0 radical (unpaired) electrons. The van der Waals surface area contributed by atoms with E-state index in [0.29, 0.717) is 6.07 Å². The molecule has 0 unspecified atom stereocenters. The van der Waals surface area contributed by atoms with E-state index < -0.39 is 23.4 Å². The zero-order valence-corrected chi connectivity index (χ0v) is 6.51.